The molecule has 0 aromatic heterocycles. The molecule has 53 heavy (non-hydrogen) atoms. The van der Waals surface area contributed by atoms with Crippen molar-refractivity contribution in [1.29, 1.82) is 0 Å². The Labute approximate surface area is 310 Å². The van der Waals surface area contributed by atoms with Gasteiger partial charge < -0.3 is 14.6 Å². The third-order valence-corrected chi connectivity index (χ3v) is 10.7. The van der Waals surface area contributed by atoms with E-state index in [0.29, 0.717) is 24.1 Å². The average molecular weight is 703 g/mol. The summed E-state index contributed by atoms with van der Waals surface area (Å²) in [4.78, 5) is 30.0. The number of hydrogen-bond donors (Lipinski definition) is 1. The van der Waals surface area contributed by atoms with Gasteiger partial charge in [-0.25, -0.2) is 0 Å². The number of aliphatic hydroxyl groups excluding tert-OH is 1. The van der Waals surface area contributed by atoms with Crippen molar-refractivity contribution < 1.29 is 24.2 Å². The summed E-state index contributed by atoms with van der Waals surface area (Å²) in [6, 6.07) is 46.3. The van der Waals surface area contributed by atoms with Gasteiger partial charge in [0.05, 0.1) is 36.5 Å². The van der Waals surface area contributed by atoms with Gasteiger partial charge in [-0.1, -0.05) is 121 Å². The van der Waals surface area contributed by atoms with E-state index < -0.39 is 6.29 Å². The van der Waals surface area contributed by atoms with Gasteiger partial charge >= 0.3 is 0 Å². The standard InChI is InChI=1S/C46H42N2O5/c1-30(36-24-19-32-9-3-4-10-37(32)25-36)47(2)28-39-26-43(34-17-15-31(29-49)16-18-34)53-46(52-39)35-22-20-33(21-23-35)40-12-6-5-11-38(40)27-48-44(50)41-13-7-8-14-42(41)45(48)51/h3-25,30,39,43,46,49H,26-29H2,1-2H3. The smallest absolute Gasteiger partial charge is 0.261 e. The fraction of sp³-hybridized carbons (Fsp3) is 0.217. The zero-order chi connectivity index (χ0) is 36.5. The average Bonchev–Trinajstić information content (AvgIpc) is 3.45. The van der Waals surface area contributed by atoms with Crippen molar-refractivity contribution in [2.75, 3.05) is 13.6 Å². The Kier molecular flexibility index (Phi) is 9.73. The molecule has 8 rings (SSSR count). The SMILES string of the molecule is CC(c1ccc2ccccc2c1)N(C)CC1CC(c2ccc(CO)cc2)OC(c2ccc(-c3ccccc3CN3C(=O)c4ccccc4C3=O)cc2)O1. The zero-order valence-electron chi connectivity index (χ0n) is 29.9. The second-order valence-corrected chi connectivity index (χ2v) is 14.1. The molecule has 6 aromatic carbocycles. The maximum absolute atomic E-state index is 13.2. The highest BCUT2D eigenvalue weighted by Gasteiger charge is 2.36. The Hall–Kier alpha value is -5.44. The Morgan fingerprint density at radius 1 is 0.717 bits per heavy atom. The third-order valence-electron chi connectivity index (χ3n) is 10.7. The number of carbonyl (C=O) groups is 2. The molecular weight excluding hydrogens is 661 g/mol. The van der Waals surface area contributed by atoms with Crippen LogP contribution in [-0.2, 0) is 22.6 Å². The van der Waals surface area contributed by atoms with Crippen molar-refractivity contribution in [2.45, 2.75) is 51.0 Å². The fourth-order valence-corrected chi connectivity index (χ4v) is 7.55. The second kappa shape index (κ2) is 14.9. The number of aliphatic hydroxyl groups is 1. The molecule has 0 bridgehead atoms. The minimum absolute atomic E-state index is 0.00854. The first-order chi connectivity index (χ1) is 25.9. The van der Waals surface area contributed by atoms with E-state index in [4.69, 9.17) is 9.47 Å². The number of carbonyl (C=O) groups excluding carboxylic acids is 2. The maximum atomic E-state index is 13.2. The molecule has 1 saturated heterocycles. The van der Waals surface area contributed by atoms with Crippen LogP contribution in [0.5, 0.6) is 0 Å². The monoisotopic (exact) mass is 702 g/mol. The third kappa shape index (κ3) is 7.04. The molecule has 2 amide bonds. The molecule has 1 fully saturated rings. The molecule has 0 aliphatic carbocycles. The molecule has 4 atom stereocenters. The van der Waals surface area contributed by atoms with Gasteiger partial charge in [-0.05, 0) is 76.3 Å². The van der Waals surface area contributed by atoms with E-state index in [-0.39, 0.29) is 43.2 Å². The number of hydrogen-bond acceptors (Lipinski definition) is 6. The number of imide groups is 1. The zero-order valence-corrected chi connectivity index (χ0v) is 29.9. The van der Waals surface area contributed by atoms with Crippen LogP contribution >= 0.6 is 0 Å². The van der Waals surface area contributed by atoms with Crippen LogP contribution in [0, 0.1) is 0 Å². The van der Waals surface area contributed by atoms with Gasteiger partial charge in [-0.2, -0.15) is 0 Å². The molecule has 0 saturated carbocycles. The van der Waals surface area contributed by atoms with E-state index in [1.807, 2.05) is 72.8 Å². The van der Waals surface area contributed by atoms with Crippen molar-refractivity contribution in [3.05, 3.63) is 178 Å². The van der Waals surface area contributed by atoms with Crippen LogP contribution in [0.1, 0.15) is 80.3 Å². The number of benzene rings is 6. The predicted molar refractivity (Wildman–Crippen MR) is 206 cm³/mol. The lowest BCUT2D eigenvalue weighted by molar-refractivity contribution is -0.253. The van der Waals surface area contributed by atoms with Crippen LogP contribution in [0.25, 0.3) is 21.9 Å². The van der Waals surface area contributed by atoms with Crippen LogP contribution in [0.15, 0.2) is 140 Å². The lowest BCUT2D eigenvalue weighted by atomic mass is 9.97. The highest BCUT2D eigenvalue weighted by molar-refractivity contribution is 6.21. The topological polar surface area (TPSA) is 79.3 Å². The summed E-state index contributed by atoms with van der Waals surface area (Å²) >= 11 is 0. The van der Waals surface area contributed by atoms with Crippen LogP contribution in [0.4, 0.5) is 0 Å². The Balaban J connectivity index is 1.02. The summed E-state index contributed by atoms with van der Waals surface area (Å²) in [7, 11) is 2.15. The molecule has 6 aromatic rings. The maximum Gasteiger partial charge on any atom is 0.261 e. The van der Waals surface area contributed by atoms with Crippen LogP contribution < -0.4 is 0 Å². The number of likely N-dealkylation sites (N-methyl/N-ethyl adjacent to an activating group) is 1. The van der Waals surface area contributed by atoms with Gasteiger partial charge in [0.25, 0.3) is 11.8 Å². The molecule has 7 nitrogen and oxygen atoms in total. The summed E-state index contributed by atoms with van der Waals surface area (Å²) in [6.07, 6.45) is -0.212. The van der Waals surface area contributed by atoms with Gasteiger partial charge in [-0.3, -0.25) is 19.4 Å². The Bertz CT molecular complexity index is 2230. The molecular formula is C46H42N2O5. The highest BCUT2D eigenvalue weighted by Crippen LogP contribution is 2.40. The predicted octanol–water partition coefficient (Wildman–Crippen LogP) is 9.03. The highest BCUT2D eigenvalue weighted by atomic mass is 16.7. The van der Waals surface area contributed by atoms with Crippen LogP contribution in [0.2, 0.25) is 0 Å². The number of ether oxygens (including phenoxy) is 2. The van der Waals surface area contributed by atoms with Crippen molar-refractivity contribution in [3.63, 3.8) is 0 Å². The first-order valence-electron chi connectivity index (χ1n) is 18.2. The molecule has 2 aliphatic heterocycles. The van der Waals surface area contributed by atoms with E-state index in [1.165, 1.54) is 21.2 Å². The molecule has 7 heteroatoms. The molecule has 1 N–H and O–H groups in total. The van der Waals surface area contributed by atoms with E-state index in [2.05, 4.69) is 61.3 Å². The van der Waals surface area contributed by atoms with Gasteiger partial charge in [0, 0.05) is 24.6 Å². The number of rotatable bonds is 10. The van der Waals surface area contributed by atoms with Crippen molar-refractivity contribution in [1.82, 2.24) is 9.80 Å². The van der Waals surface area contributed by atoms with Crippen molar-refractivity contribution in [3.8, 4) is 11.1 Å². The first kappa shape index (κ1) is 34.6. The summed E-state index contributed by atoms with van der Waals surface area (Å²) in [6.45, 7) is 3.12. The number of nitrogens with zero attached hydrogens (tertiary/aromatic N) is 2. The van der Waals surface area contributed by atoms with Crippen molar-refractivity contribution >= 4 is 22.6 Å². The van der Waals surface area contributed by atoms with E-state index in [1.54, 1.807) is 24.3 Å². The van der Waals surface area contributed by atoms with Crippen LogP contribution in [0.3, 0.4) is 0 Å². The summed E-state index contributed by atoms with van der Waals surface area (Å²) in [5.74, 6) is -0.537. The van der Waals surface area contributed by atoms with E-state index in [0.717, 1.165) is 33.4 Å². The van der Waals surface area contributed by atoms with Gasteiger partial charge in [0.1, 0.15) is 0 Å². The quantitative estimate of drug-likeness (QED) is 0.144. The van der Waals surface area contributed by atoms with Gasteiger partial charge in [-0.15, -0.1) is 0 Å². The van der Waals surface area contributed by atoms with Crippen LogP contribution in [-0.4, -0.2) is 46.4 Å². The molecule has 2 aliphatic rings. The minimum Gasteiger partial charge on any atom is -0.392 e. The second-order valence-electron chi connectivity index (χ2n) is 14.1. The lowest BCUT2D eigenvalue weighted by Crippen LogP contribution is -2.38. The van der Waals surface area contributed by atoms with E-state index >= 15 is 0 Å². The van der Waals surface area contributed by atoms with Gasteiger partial charge in [0.15, 0.2) is 6.29 Å². The molecule has 266 valence electrons. The normalized spacial score (nSPS) is 19.2. The molecule has 0 radical (unpaired) electrons. The minimum atomic E-state index is -0.594. The van der Waals surface area contributed by atoms with Crippen molar-refractivity contribution in [2.24, 2.45) is 0 Å². The molecule has 2 heterocycles. The Morgan fingerprint density at radius 3 is 2.04 bits per heavy atom. The summed E-state index contributed by atoms with van der Waals surface area (Å²) in [5.41, 5.74) is 7.75. The fourth-order valence-electron chi connectivity index (χ4n) is 7.55. The largest absolute Gasteiger partial charge is 0.392 e. The Morgan fingerprint density at radius 2 is 1.34 bits per heavy atom. The van der Waals surface area contributed by atoms with E-state index in [9.17, 15) is 14.7 Å². The molecule has 0 spiro atoms. The lowest BCUT2D eigenvalue weighted by Gasteiger charge is -2.39. The summed E-state index contributed by atoms with van der Waals surface area (Å²) in [5, 5.41) is 12.1. The van der Waals surface area contributed by atoms with Gasteiger partial charge in [0.2, 0.25) is 0 Å². The first-order valence-corrected chi connectivity index (χ1v) is 18.2. The number of fused-ring (bicyclic) bond motifs is 2. The summed E-state index contributed by atoms with van der Waals surface area (Å²) < 4.78 is 13.4. The number of amides is 2. The molecule has 4 unspecified atom stereocenters.